The first-order chi connectivity index (χ1) is 15.9. The lowest BCUT2D eigenvalue weighted by molar-refractivity contribution is -0.330. The Morgan fingerprint density at radius 3 is 1.71 bits per heavy atom. The third kappa shape index (κ3) is 9.82. The van der Waals surface area contributed by atoms with Gasteiger partial charge in [-0.1, -0.05) is 71.9 Å². The van der Waals surface area contributed by atoms with E-state index in [0.29, 0.717) is 0 Å². The van der Waals surface area contributed by atoms with E-state index in [1.807, 2.05) is 38.2 Å². The highest BCUT2D eigenvalue weighted by Gasteiger charge is 2.45. The quantitative estimate of drug-likeness (QED) is 0.190. The molecule has 9 nitrogen and oxygen atoms in total. The second kappa shape index (κ2) is 14.2. The van der Waals surface area contributed by atoms with Crippen LogP contribution in [0.3, 0.4) is 0 Å². The van der Waals surface area contributed by atoms with Crippen LogP contribution in [0.5, 0.6) is 0 Å². The molecule has 5 atom stereocenters. The summed E-state index contributed by atoms with van der Waals surface area (Å²) in [6.45, 7) is 6.74. The molecule has 5 N–H and O–H groups in total. The second-order valence-corrected chi connectivity index (χ2v) is 7.70. The number of hydrogen-bond acceptors (Lipinski definition) is 8. The number of carboxylic acid groups (broad SMARTS) is 1. The van der Waals surface area contributed by atoms with Crippen LogP contribution >= 0.6 is 0 Å². The zero-order chi connectivity index (χ0) is 25.8. The van der Waals surface area contributed by atoms with Crippen molar-refractivity contribution in [2.45, 2.75) is 58.6 Å². The molecule has 1 heterocycles. The van der Waals surface area contributed by atoms with Gasteiger partial charge in [0.25, 0.3) is 0 Å². The molecule has 0 aliphatic carbocycles. The highest BCUT2D eigenvalue weighted by molar-refractivity contribution is 5.88. The summed E-state index contributed by atoms with van der Waals surface area (Å²) in [6, 6.07) is 0. The zero-order valence-electron chi connectivity index (χ0n) is 19.5. The number of esters is 1. The molecule has 0 radical (unpaired) electrons. The molecule has 0 aromatic carbocycles. The van der Waals surface area contributed by atoms with Crippen molar-refractivity contribution in [3.8, 4) is 0 Å². The van der Waals surface area contributed by atoms with Crippen LogP contribution in [-0.4, -0.2) is 68.4 Å². The molecule has 0 saturated carbocycles. The van der Waals surface area contributed by atoms with Crippen LogP contribution in [0.25, 0.3) is 0 Å². The minimum absolute atomic E-state index is 0.183. The van der Waals surface area contributed by atoms with Gasteiger partial charge in [-0.15, -0.1) is 0 Å². The van der Waals surface area contributed by atoms with E-state index in [9.17, 15) is 30.0 Å². The van der Waals surface area contributed by atoms with Gasteiger partial charge in [0.1, 0.15) is 18.3 Å². The Morgan fingerprint density at radius 2 is 1.21 bits per heavy atom. The third-order valence-corrected chi connectivity index (χ3v) is 4.67. The summed E-state index contributed by atoms with van der Waals surface area (Å²) in [5, 5.41) is 47.2. The summed E-state index contributed by atoms with van der Waals surface area (Å²) in [5.74, 6) is -1.78. The maximum atomic E-state index is 12.1. The van der Waals surface area contributed by atoms with Gasteiger partial charge in [-0.05, 0) is 27.7 Å². The first kappa shape index (κ1) is 29.0. The molecule has 0 spiro atoms. The SMILES string of the molecule is CC(C=CC=C(C)C(=O)O)=CC=CC=C(C)C=CC=C(C)C(=O)OC1O[C@H](O)[C@@H](O)[C@H](O)[C@H]1O. The van der Waals surface area contributed by atoms with Crippen LogP contribution in [0.2, 0.25) is 0 Å². The molecule has 1 fully saturated rings. The number of aliphatic hydroxyl groups is 4. The summed E-state index contributed by atoms with van der Waals surface area (Å²) in [7, 11) is 0. The fourth-order valence-electron chi connectivity index (χ4n) is 2.48. The van der Waals surface area contributed by atoms with Crippen LogP contribution in [-0.2, 0) is 19.1 Å². The highest BCUT2D eigenvalue weighted by atomic mass is 16.8. The largest absolute Gasteiger partial charge is 0.478 e. The van der Waals surface area contributed by atoms with Gasteiger partial charge in [0.15, 0.2) is 6.29 Å². The van der Waals surface area contributed by atoms with Gasteiger partial charge >= 0.3 is 11.9 Å². The monoisotopic (exact) mass is 476 g/mol. The summed E-state index contributed by atoms with van der Waals surface area (Å²) < 4.78 is 9.76. The van der Waals surface area contributed by atoms with Gasteiger partial charge < -0.3 is 35.0 Å². The molecule has 0 aromatic rings. The zero-order valence-corrected chi connectivity index (χ0v) is 19.5. The number of carbonyl (C=O) groups excluding carboxylic acids is 1. The van der Waals surface area contributed by atoms with E-state index in [1.54, 1.807) is 24.3 Å². The van der Waals surface area contributed by atoms with Gasteiger partial charge in [0.2, 0.25) is 6.29 Å². The molecular formula is C25H32O9. The Morgan fingerprint density at radius 1 is 0.706 bits per heavy atom. The van der Waals surface area contributed by atoms with Gasteiger partial charge in [0, 0.05) is 11.1 Å². The number of ether oxygens (including phenoxy) is 2. The summed E-state index contributed by atoms with van der Waals surface area (Å²) in [6.07, 6.45) is 8.66. The van der Waals surface area contributed by atoms with Crippen LogP contribution in [0, 0.1) is 0 Å². The lowest BCUT2D eigenvalue weighted by atomic mass is 10.0. The Balaban J connectivity index is 2.62. The summed E-state index contributed by atoms with van der Waals surface area (Å²) in [5.41, 5.74) is 2.26. The Kier molecular flexibility index (Phi) is 12.1. The molecule has 1 rings (SSSR count). The van der Waals surface area contributed by atoms with Crippen molar-refractivity contribution < 1.29 is 44.6 Å². The standard InChI is InChI=1S/C25H32O9/c1-15(11-7-13-17(3)22(29)30)9-5-6-10-16(2)12-8-14-18(4)23(31)33-25-21(28)19(26)20(27)24(32)34-25/h5-14,19-21,24-28,32H,1-4H3,(H,29,30)/t19-,20-,21+,24-,25?/m0/s1. The number of allylic oxidation sites excluding steroid dienone is 12. The molecule has 1 aliphatic rings. The molecule has 0 aromatic heterocycles. The average Bonchev–Trinajstić information content (AvgIpc) is 2.78. The maximum Gasteiger partial charge on any atom is 0.336 e. The summed E-state index contributed by atoms with van der Waals surface area (Å²) in [4.78, 5) is 22.9. The predicted octanol–water partition coefficient (Wildman–Crippen LogP) is 1.83. The lowest BCUT2D eigenvalue weighted by Gasteiger charge is -2.37. The fourth-order valence-corrected chi connectivity index (χ4v) is 2.48. The van der Waals surface area contributed by atoms with E-state index in [-0.39, 0.29) is 11.1 Å². The lowest BCUT2D eigenvalue weighted by Crippen LogP contribution is -2.58. The van der Waals surface area contributed by atoms with Gasteiger partial charge in [-0.2, -0.15) is 0 Å². The first-order valence-corrected chi connectivity index (χ1v) is 10.5. The first-order valence-electron chi connectivity index (χ1n) is 10.5. The van der Waals surface area contributed by atoms with Crippen molar-refractivity contribution in [3.05, 3.63) is 83.1 Å². The molecule has 1 saturated heterocycles. The molecule has 0 bridgehead atoms. The van der Waals surface area contributed by atoms with E-state index in [2.05, 4.69) is 0 Å². The van der Waals surface area contributed by atoms with Crippen molar-refractivity contribution in [1.82, 2.24) is 0 Å². The Labute approximate surface area is 198 Å². The highest BCUT2D eigenvalue weighted by Crippen LogP contribution is 2.21. The number of rotatable bonds is 9. The van der Waals surface area contributed by atoms with E-state index in [4.69, 9.17) is 14.6 Å². The molecule has 34 heavy (non-hydrogen) atoms. The van der Waals surface area contributed by atoms with Crippen LogP contribution in [0.1, 0.15) is 27.7 Å². The fraction of sp³-hybridized carbons (Fsp3) is 0.360. The van der Waals surface area contributed by atoms with E-state index >= 15 is 0 Å². The number of hydrogen-bond donors (Lipinski definition) is 5. The molecule has 186 valence electrons. The van der Waals surface area contributed by atoms with E-state index in [1.165, 1.54) is 26.0 Å². The minimum Gasteiger partial charge on any atom is -0.478 e. The normalized spacial score (nSPS) is 27.7. The summed E-state index contributed by atoms with van der Waals surface area (Å²) >= 11 is 0. The molecule has 9 heteroatoms. The third-order valence-electron chi connectivity index (χ3n) is 4.67. The number of carboxylic acids is 1. The van der Waals surface area contributed by atoms with E-state index in [0.717, 1.165) is 11.1 Å². The predicted molar refractivity (Wildman–Crippen MR) is 125 cm³/mol. The molecule has 1 unspecified atom stereocenters. The topological polar surface area (TPSA) is 154 Å². The number of aliphatic hydroxyl groups excluding tert-OH is 4. The molecular weight excluding hydrogens is 444 g/mol. The molecule has 0 amide bonds. The van der Waals surface area contributed by atoms with Crippen molar-refractivity contribution >= 4 is 11.9 Å². The number of carbonyl (C=O) groups is 2. The van der Waals surface area contributed by atoms with Gasteiger partial charge in [-0.25, -0.2) is 9.59 Å². The van der Waals surface area contributed by atoms with Crippen LogP contribution in [0.4, 0.5) is 0 Å². The van der Waals surface area contributed by atoms with Gasteiger partial charge in [0.05, 0.1) is 0 Å². The van der Waals surface area contributed by atoms with Crippen molar-refractivity contribution in [1.29, 1.82) is 0 Å². The Bertz CT molecular complexity index is 934. The minimum atomic E-state index is -1.80. The van der Waals surface area contributed by atoms with Crippen molar-refractivity contribution in [3.63, 3.8) is 0 Å². The van der Waals surface area contributed by atoms with Crippen LogP contribution < -0.4 is 0 Å². The second-order valence-electron chi connectivity index (χ2n) is 7.70. The average molecular weight is 477 g/mol. The van der Waals surface area contributed by atoms with Gasteiger partial charge in [-0.3, -0.25) is 0 Å². The number of aliphatic carboxylic acids is 1. The Hall–Kier alpha value is -3.08. The van der Waals surface area contributed by atoms with Crippen molar-refractivity contribution in [2.24, 2.45) is 0 Å². The molecule has 1 aliphatic heterocycles. The maximum absolute atomic E-state index is 12.1. The van der Waals surface area contributed by atoms with E-state index < -0.39 is 42.8 Å². The van der Waals surface area contributed by atoms with Crippen molar-refractivity contribution in [2.75, 3.05) is 0 Å². The smallest absolute Gasteiger partial charge is 0.336 e. The van der Waals surface area contributed by atoms with Crippen LogP contribution in [0.15, 0.2) is 83.1 Å².